The molecule has 5 heteroatoms. The Kier molecular flexibility index (Phi) is 4.85. The molecule has 3 rings (SSSR count). The Bertz CT molecular complexity index is 563. The molecule has 1 atom stereocenters. The number of amides is 1. The number of aromatic nitrogens is 1. The van der Waals surface area contributed by atoms with Gasteiger partial charge in [-0.25, -0.2) is 4.98 Å². The van der Waals surface area contributed by atoms with Gasteiger partial charge in [0.1, 0.15) is 5.82 Å². The molecule has 5 nitrogen and oxygen atoms in total. The molecule has 1 aromatic rings. The van der Waals surface area contributed by atoms with E-state index in [1.165, 1.54) is 12.0 Å². The third-order valence-corrected chi connectivity index (χ3v) is 5.22. The summed E-state index contributed by atoms with van der Waals surface area (Å²) in [6.45, 7) is 5.78. The lowest BCUT2D eigenvalue weighted by atomic mass is 9.73. The van der Waals surface area contributed by atoms with Crippen molar-refractivity contribution in [1.29, 1.82) is 0 Å². The molecule has 0 aromatic carbocycles. The Morgan fingerprint density at radius 1 is 1.35 bits per heavy atom. The highest BCUT2D eigenvalue weighted by Gasteiger charge is 2.41. The normalized spacial score (nSPS) is 25.2. The lowest BCUT2D eigenvalue weighted by Crippen LogP contribution is -2.54. The van der Waals surface area contributed by atoms with Crippen LogP contribution in [-0.2, 0) is 4.79 Å². The van der Waals surface area contributed by atoms with Gasteiger partial charge < -0.3 is 14.9 Å². The molecule has 1 spiro atoms. The zero-order valence-electron chi connectivity index (χ0n) is 14.0. The van der Waals surface area contributed by atoms with Crippen molar-refractivity contribution in [2.45, 2.75) is 39.0 Å². The molecule has 0 radical (unpaired) electrons. The minimum absolute atomic E-state index is 0.149. The topological polar surface area (TPSA) is 56.7 Å². The number of hydrogen-bond donors (Lipinski definition) is 1. The van der Waals surface area contributed by atoms with Crippen molar-refractivity contribution in [3.8, 4) is 0 Å². The van der Waals surface area contributed by atoms with Crippen LogP contribution in [0.25, 0.3) is 0 Å². The fourth-order valence-corrected chi connectivity index (χ4v) is 4.00. The Morgan fingerprint density at radius 3 is 3.00 bits per heavy atom. The number of nitrogens with zero attached hydrogens (tertiary/aromatic N) is 3. The molecule has 1 aromatic heterocycles. The van der Waals surface area contributed by atoms with Gasteiger partial charge in [-0.2, -0.15) is 0 Å². The largest absolute Gasteiger partial charge is 0.396 e. The van der Waals surface area contributed by atoms with E-state index < -0.39 is 0 Å². The van der Waals surface area contributed by atoms with Gasteiger partial charge in [0.15, 0.2) is 0 Å². The van der Waals surface area contributed by atoms with E-state index in [4.69, 9.17) is 5.11 Å². The Morgan fingerprint density at radius 2 is 2.22 bits per heavy atom. The molecular weight excluding hydrogens is 290 g/mol. The molecule has 0 aliphatic carbocycles. The van der Waals surface area contributed by atoms with Gasteiger partial charge in [0.25, 0.3) is 0 Å². The third-order valence-electron chi connectivity index (χ3n) is 5.22. The maximum absolute atomic E-state index is 12.1. The number of carbonyl (C=O) groups excluding carboxylic acids is 1. The van der Waals surface area contributed by atoms with E-state index in [9.17, 15) is 4.79 Å². The lowest BCUT2D eigenvalue weighted by Gasteiger charge is -2.48. The van der Waals surface area contributed by atoms with E-state index in [1.54, 1.807) is 0 Å². The number of piperidine rings is 2. The first-order valence-corrected chi connectivity index (χ1v) is 8.68. The number of anilines is 1. The van der Waals surface area contributed by atoms with Crippen molar-refractivity contribution in [2.75, 3.05) is 37.7 Å². The van der Waals surface area contributed by atoms with Gasteiger partial charge in [-0.15, -0.1) is 0 Å². The van der Waals surface area contributed by atoms with Gasteiger partial charge in [0.05, 0.1) is 0 Å². The molecule has 0 saturated carbocycles. The second-order valence-corrected chi connectivity index (χ2v) is 7.11. The quantitative estimate of drug-likeness (QED) is 0.922. The molecular formula is C18H27N3O2. The van der Waals surface area contributed by atoms with Gasteiger partial charge >= 0.3 is 0 Å². The van der Waals surface area contributed by atoms with Gasteiger partial charge in [0.2, 0.25) is 5.91 Å². The third kappa shape index (κ3) is 3.66. The molecule has 2 aliphatic rings. The van der Waals surface area contributed by atoms with Crippen molar-refractivity contribution < 1.29 is 9.90 Å². The van der Waals surface area contributed by atoms with Crippen LogP contribution in [0.15, 0.2) is 18.3 Å². The van der Waals surface area contributed by atoms with Crippen molar-refractivity contribution >= 4 is 11.7 Å². The SMILES string of the molecule is Cc1ccnc(N2CCC[C@@]3(CCC(=O)N(CCCO)C3)C2)c1. The van der Waals surface area contributed by atoms with E-state index >= 15 is 0 Å². The van der Waals surface area contributed by atoms with E-state index in [0.717, 1.165) is 38.3 Å². The highest BCUT2D eigenvalue weighted by molar-refractivity contribution is 5.77. The molecule has 1 amide bonds. The van der Waals surface area contributed by atoms with Gasteiger partial charge in [-0.3, -0.25) is 4.79 Å². The summed E-state index contributed by atoms with van der Waals surface area (Å²) in [7, 11) is 0. The Hall–Kier alpha value is -1.62. The number of aliphatic hydroxyl groups is 1. The number of rotatable bonds is 4. The van der Waals surface area contributed by atoms with Crippen molar-refractivity contribution in [1.82, 2.24) is 9.88 Å². The molecule has 2 saturated heterocycles. The molecule has 0 unspecified atom stereocenters. The minimum atomic E-state index is 0.149. The number of carbonyl (C=O) groups is 1. The Labute approximate surface area is 138 Å². The summed E-state index contributed by atoms with van der Waals surface area (Å²) in [5.74, 6) is 1.30. The van der Waals surface area contributed by atoms with Crippen molar-refractivity contribution in [2.24, 2.45) is 5.41 Å². The zero-order chi connectivity index (χ0) is 16.3. The monoisotopic (exact) mass is 317 g/mol. The van der Waals surface area contributed by atoms with Crippen LogP contribution >= 0.6 is 0 Å². The summed E-state index contributed by atoms with van der Waals surface area (Å²) in [4.78, 5) is 21.0. The molecule has 126 valence electrons. The number of aliphatic hydroxyl groups excluding tert-OH is 1. The predicted molar refractivity (Wildman–Crippen MR) is 90.4 cm³/mol. The second-order valence-electron chi connectivity index (χ2n) is 7.11. The number of aryl methyl sites for hydroxylation is 1. The van der Waals surface area contributed by atoms with Crippen LogP contribution in [0.3, 0.4) is 0 Å². The predicted octanol–water partition coefficient (Wildman–Crippen LogP) is 1.98. The smallest absolute Gasteiger partial charge is 0.222 e. The van der Waals surface area contributed by atoms with Gasteiger partial charge in [-0.05, 0) is 50.3 Å². The van der Waals surface area contributed by atoms with Crippen LogP contribution in [0.1, 0.15) is 37.7 Å². The van der Waals surface area contributed by atoms with Crippen molar-refractivity contribution in [3.63, 3.8) is 0 Å². The molecule has 2 fully saturated rings. The first-order valence-electron chi connectivity index (χ1n) is 8.68. The maximum atomic E-state index is 12.1. The van der Waals surface area contributed by atoms with Crippen LogP contribution in [-0.4, -0.2) is 53.7 Å². The molecule has 23 heavy (non-hydrogen) atoms. The van der Waals surface area contributed by atoms with Crippen molar-refractivity contribution in [3.05, 3.63) is 23.9 Å². The molecule has 2 aliphatic heterocycles. The fourth-order valence-electron chi connectivity index (χ4n) is 4.00. The van der Waals surface area contributed by atoms with Gasteiger partial charge in [-0.1, -0.05) is 0 Å². The molecule has 3 heterocycles. The summed E-state index contributed by atoms with van der Waals surface area (Å²) in [6, 6.07) is 4.18. The number of likely N-dealkylation sites (tertiary alicyclic amines) is 1. The van der Waals surface area contributed by atoms with Crippen LogP contribution in [0.5, 0.6) is 0 Å². The summed E-state index contributed by atoms with van der Waals surface area (Å²) < 4.78 is 0. The standard InChI is InChI=1S/C18H27N3O2/c1-15-5-8-19-16(12-15)20-9-2-6-18(13-20)7-4-17(23)21(14-18)10-3-11-22/h5,8,12,22H,2-4,6-7,9-11,13-14H2,1H3/t18-/m1/s1. The summed E-state index contributed by atoms with van der Waals surface area (Å²) >= 11 is 0. The molecule has 1 N–H and O–H groups in total. The van der Waals surface area contributed by atoms with Crippen LogP contribution in [0.2, 0.25) is 0 Å². The van der Waals surface area contributed by atoms with E-state index in [0.29, 0.717) is 19.4 Å². The lowest BCUT2D eigenvalue weighted by molar-refractivity contribution is -0.138. The van der Waals surface area contributed by atoms with E-state index in [-0.39, 0.29) is 17.9 Å². The average molecular weight is 317 g/mol. The van der Waals surface area contributed by atoms with Crippen LogP contribution < -0.4 is 4.90 Å². The molecule has 0 bridgehead atoms. The van der Waals surface area contributed by atoms with E-state index in [1.807, 2.05) is 17.2 Å². The summed E-state index contributed by atoms with van der Waals surface area (Å²) in [6.07, 6.45) is 6.50. The number of pyridine rings is 1. The minimum Gasteiger partial charge on any atom is -0.396 e. The highest BCUT2D eigenvalue weighted by atomic mass is 16.3. The van der Waals surface area contributed by atoms with Gasteiger partial charge in [0, 0.05) is 50.8 Å². The highest BCUT2D eigenvalue weighted by Crippen LogP contribution is 2.39. The second kappa shape index (κ2) is 6.87. The van der Waals surface area contributed by atoms with Crippen LogP contribution in [0.4, 0.5) is 5.82 Å². The maximum Gasteiger partial charge on any atom is 0.222 e. The summed E-state index contributed by atoms with van der Waals surface area (Å²) in [5.41, 5.74) is 1.42. The van der Waals surface area contributed by atoms with Crippen LogP contribution in [0, 0.1) is 12.3 Å². The Balaban J connectivity index is 1.72. The summed E-state index contributed by atoms with van der Waals surface area (Å²) in [5, 5.41) is 9.05. The first kappa shape index (κ1) is 16.2. The zero-order valence-corrected chi connectivity index (χ0v) is 14.0. The first-order chi connectivity index (χ1) is 11.1. The number of hydrogen-bond acceptors (Lipinski definition) is 4. The fraction of sp³-hybridized carbons (Fsp3) is 0.667. The van der Waals surface area contributed by atoms with E-state index in [2.05, 4.69) is 22.9 Å². The average Bonchev–Trinajstić information content (AvgIpc) is 2.56.